The summed E-state index contributed by atoms with van der Waals surface area (Å²) in [6.45, 7) is 2.07. The summed E-state index contributed by atoms with van der Waals surface area (Å²) in [5.41, 5.74) is 9.79. The molecule has 86 valence electrons. The van der Waals surface area contributed by atoms with Gasteiger partial charge in [0.1, 0.15) is 0 Å². The zero-order chi connectivity index (χ0) is 12.3. The molecule has 2 rings (SSSR count). The van der Waals surface area contributed by atoms with E-state index in [0.717, 1.165) is 11.1 Å². The topological polar surface area (TPSA) is 63.3 Å². The van der Waals surface area contributed by atoms with Crippen LogP contribution in [-0.2, 0) is 0 Å². The highest BCUT2D eigenvalue weighted by Gasteiger charge is 2.01. The maximum atomic E-state index is 5.28. The summed E-state index contributed by atoms with van der Waals surface area (Å²) >= 11 is 4.66. The molecule has 1 aromatic heterocycles. The molecular formula is C12H12N4S. The summed E-state index contributed by atoms with van der Waals surface area (Å²) in [7, 11) is 0. The van der Waals surface area contributed by atoms with E-state index in [2.05, 4.69) is 40.7 Å². The zero-order valence-corrected chi connectivity index (χ0v) is 10.2. The van der Waals surface area contributed by atoms with Crippen molar-refractivity contribution in [2.75, 3.05) is 0 Å². The van der Waals surface area contributed by atoms with Gasteiger partial charge in [-0.15, -0.1) is 0 Å². The summed E-state index contributed by atoms with van der Waals surface area (Å²) in [6, 6.07) is 8.06. The molecule has 0 radical (unpaired) electrons. The molecule has 0 spiro atoms. The zero-order valence-electron chi connectivity index (χ0n) is 9.34. The van der Waals surface area contributed by atoms with Crippen molar-refractivity contribution in [1.82, 2.24) is 10.4 Å². The van der Waals surface area contributed by atoms with E-state index in [1.807, 2.05) is 18.2 Å². The molecule has 0 amide bonds. The van der Waals surface area contributed by atoms with E-state index >= 15 is 0 Å². The molecule has 5 heteroatoms. The van der Waals surface area contributed by atoms with Crippen LogP contribution < -0.4 is 11.2 Å². The fourth-order valence-corrected chi connectivity index (χ4v) is 1.70. The van der Waals surface area contributed by atoms with Gasteiger partial charge in [-0.3, -0.25) is 10.4 Å². The lowest BCUT2D eigenvalue weighted by molar-refractivity contribution is 1.04. The number of benzene rings is 1. The predicted octanol–water partition coefficient (Wildman–Crippen LogP) is 1.71. The monoisotopic (exact) mass is 244 g/mol. The number of nitrogens with two attached hydrogens (primary N) is 1. The molecule has 0 aliphatic heterocycles. The molecule has 1 aromatic carbocycles. The fraction of sp³-hybridized carbons (Fsp3) is 0.0833. The van der Waals surface area contributed by atoms with Gasteiger partial charge in [-0.05, 0) is 36.2 Å². The van der Waals surface area contributed by atoms with E-state index < -0.39 is 0 Å². The molecule has 0 aliphatic rings. The van der Waals surface area contributed by atoms with Gasteiger partial charge in [0.25, 0.3) is 0 Å². The van der Waals surface area contributed by atoms with Crippen molar-refractivity contribution in [3.63, 3.8) is 0 Å². The maximum absolute atomic E-state index is 5.28. The smallest absolute Gasteiger partial charge is 0.184 e. The van der Waals surface area contributed by atoms with E-state index in [1.165, 1.54) is 10.9 Å². The van der Waals surface area contributed by atoms with Crippen LogP contribution >= 0.6 is 12.2 Å². The second kappa shape index (κ2) is 4.88. The van der Waals surface area contributed by atoms with Gasteiger partial charge in [0, 0.05) is 11.6 Å². The maximum Gasteiger partial charge on any atom is 0.184 e. The Hall–Kier alpha value is -2.01. The third-order valence-corrected chi connectivity index (χ3v) is 2.51. The van der Waals surface area contributed by atoms with Gasteiger partial charge in [-0.2, -0.15) is 5.10 Å². The highest BCUT2D eigenvalue weighted by molar-refractivity contribution is 7.80. The van der Waals surface area contributed by atoms with E-state index in [1.54, 1.807) is 12.4 Å². The van der Waals surface area contributed by atoms with Gasteiger partial charge in [0.05, 0.1) is 11.9 Å². The Morgan fingerprint density at radius 2 is 2.24 bits per heavy atom. The Bertz CT molecular complexity index is 592. The Balaban J connectivity index is 2.44. The molecule has 0 saturated heterocycles. The lowest BCUT2D eigenvalue weighted by atomic mass is 10.1. The molecule has 4 nitrogen and oxygen atoms in total. The quantitative estimate of drug-likeness (QED) is 0.479. The molecule has 1 heterocycles. The number of fused-ring (bicyclic) bond motifs is 1. The SMILES string of the molecule is Cc1cccc2c(C=NNC(N)=S)nccc12. The minimum absolute atomic E-state index is 0.137. The summed E-state index contributed by atoms with van der Waals surface area (Å²) in [5.74, 6) is 0. The van der Waals surface area contributed by atoms with Crippen molar-refractivity contribution in [3.8, 4) is 0 Å². The van der Waals surface area contributed by atoms with Crippen molar-refractivity contribution in [1.29, 1.82) is 0 Å². The first-order valence-corrected chi connectivity index (χ1v) is 5.52. The number of hydrogen-bond acceptors (Lipinski definition) is 3. The van der Waals surface area contributed by atoms with E-state index in [9.17, 15) is 0 Å². The van der Waals surface area contributed by atoms with E-state index in [4.69, 9.17) is 5.73 Å². The van der Waals surface area contributed by atoms with Crippen molar-refractivity contribution in [2.24, 2.45) is 10.8 Å². The number of nitrogens with one attached hydrogen (secondary N) is 1. The molecule has 0 aliphatic carbocycles. The summed E-state index contributed by atoms with van der Waals surface area (Å²) < 4.78 is 0. The van der Waals surface area contributed by atoms with Gasteiger partial charge in [-0.25, -0.2) is 0 Å². The average molecular weight is 244 g/mol. The number of aromatic nitrogens is 1. The van der Waals surface area contributed by atoms with Crippen LogP contribution in [0.1, 0.15) is 11.3 Å². The highest BCUT2D eigenvalue weighted by Crippen LogP contribution is 2.18. The van der Waals surface area contributed by atoms with Crippen LogP contribution in [0.5, 0.6) is 0 Å². The van der Waals surface area contributed by atoms with Gasteiger partial charge in [-0.1, -0.05) is 18.2 Å². The van der Waals surface area contributed by atoms with Crippen LogP contribution in [0.3, 0.4) is 0 Å². The highest BCUT2D eigenvalue weighted by atomic mass is 32.1. The first-order chi connectivity index (χ1) is 8.18. The fourth-order valence-electron chi connectivity index (χ4n) is 1.65. The van der Waals surface area contributed by atoms with Gasteiger partial charge in [0.2, 0.25) is 0 Å². The molecule has 0 unspecified atom stereocenters. The Morgan fingerprint density at radius 1 is 1.41 bits per heavy atom. The van der Waals surface area contributed by atoms with Crippen LogP contribution in [0.4, 0.5) is 0 Å². The predicted molar refractivity (Wildman–Crippen MR) is 74.0 cm³/mol. The van der Waals surface area contributed by atoms with Crippen LogP contribution in [0.2, 0.25) is 0 Å². The number of hydrazone groups is 1. The van der Waals surface area contributed by atoms with E-state index in [-0.39, 0.29) is 5.11 Å². The Kier molecular flexibility index (Phi) is 3.30. The third kappa shape index (κ3) is 2.57. The summed E-state index contributed by atoms with van der Waals surface area (Å²) in [5, 5.41) is 6.28. The Labute approximate surface area is 105 Å². The minimum atomic E-state index is 0.137. The standard InChI is InChI=1S/C12H12N4S/c1-8-3-2-4-10-9(8)5-6-14-11(10)7-15-16-12(13)17/h2-7H,1H3,(H3,13,16,17). The molecule has 0 bridgehead atoms. The first kappa shape index (κ1) is 11.5. The third-order valence-electron chi connectivity index (χ3n) is 2.42. The van der Waals surface area contributed by atoms with Gasteiger partial charge >= 0.3 is 0 Å². The number of thiocarbonyl (C=S) groups is 1. The Morgan fingerprint density at radius 3 is 3.00 bits per heavy atom. The van der Waals surface area contributed by atoms with Crippen molar-refractivity contribution in [2.45, 2.75) is 6.92 Å². The van der Waals surface area contributed by atoms with Gasteiger partial charge in [0.15, 0.2) is 5.11 Å². The van der Waals surface area contributed by atoms with E-state index in [0.29, 0.717) is 0 Å². The summed E-state index contributed by atoms with van der Waals surface area (Å²) in [4.78, 5) is 4.27. The molecular weight excluding hydrogens is 232 g/mol. The van der Waals surface area contributed by atoms with Crippen molar-refractivity contribution < 1.29 is 0 Å². The second-order valence-corrected chi connectivity index (χ2v) is 4.04. The average Bonchev–Trinajstić information content (AvgIpc) is 2.30. The largest absolute Gasteiger partial charge is 0.375 e. The lowest BCUT2D eigenvalue weighted by Crippen LogP contribution is -2.24. The number of nitrogens with zero attached hydrogens (tertiary/aromatic N) is 2. The second-order valence-electron chi connectivity index (χ2n) is 3.60. The van der Waals surface area contributed by atoms with Crippen LogP contribution in [-0.4, -0.2) is 16.3 Å². The van der Waals surface area contributed by atoms with Crippen LogP contribution in [0.15, 0.2) is 35.6 Å². The van der Waals surface area contributed by atoms with Crippen LogP contribution in [0, 0.1) is 6.92 Å². The molecule has 3 N–H and O–H groups in total. The van der Waals surface area contributed by atoms with Crippen molar-refractivity contribution in [3.05, 3.63) is 41.7 Å². The molecule has 0 saturated carbocycles. The number of hydrogen-bond donors (Lipinski definition) is 2. The van der Waals surface area contributed by atoms with Crippen molar-refractivity contribution >= 4 is 34.3 Å². The normalized spacial score (nSPS) is 10.9. The molecule has 0 fully saturated rings. The molecule has 17 heavy (non-hydrogen) atoms. The first-order valence-electron chi connectivity index (χ1n) is 5.11. The summed E-state index contributed by atoms with van der Waals surface area (Å²) in [6.07, 6.45) is 3.37. The lowest BCUT2D eigenvalue weighted by Gasteiger charge is -2.03. The minimum Gasteiger partial charge on any atom is -0.375 e. The van der Waals surface area contributed by atoms with Crippen LogP contribution in [0.25, 0.3) is 10.8 Å². The number of rotatable bonds is 2. The molecule has 0 atom stereocenters. The number of pyridine rings is 1. The molecule has 2 aromatic rings. The number of aryl methyl sites for hydroxylation is 1. The van der Waals surface area contributed by atoms with Gasteiger partial charge < -0.3 is 5.73 Å².